The van der Waals surface area contributed by atoms with Crippen molar-refractivity contribution in [2.24, 2.45) is 4.99 Å². The second-order valence-electron chi connectivity index (χ2n) is 5.60. The molecule has 0 atom stereocenters. The van der Waals surface area contributed by atoms with Gasteiger partial charge in [0.15, 0.2) is 5.96 Å². The van der Waals surface area contributed by atoms with Gasteiger partial charge in [-0.15, -0.1) is 35.3 Å². The van der Waals surface area contributed by atoms with Gasteiger partial charge in [-0.3, -0.25) is 0 Å². The van der Waals surface area contributed by atoms with Gasteiger partial charge in [-0.2, -0.15) is 0 Å². The summed E-state index contributed by atoms with van der Waals surface area (Å²) in [7, 11) is 0. The molecule has 0 aliphatic heterocycles. The highest BCUT2D eigenvalue weighted by Crippen LogP contribution is 2.17. The van der Waals surface area contributed by atoms with Gasteiger partial charge in [0.05, 0.1) is 6.54 Å². The van der Waals surface area contributed by atoms with Crippen LogP contribution in [0.2, 0.25) is 0 Å². The fourth-order valence-corrected chi connectivity index (χ4v) is 3.33. The van der Waals surface area contributed by atoms with E-state index < -0.39 is 0 Å². The lowest BCUT2D eigenvalue weighted by Crippen LogP contribution is -2.38. The number of guanidine groups is 1. The molecule has 0 fully saturated rings. The smallest absolute Gasteiger partial charge is 0.191 e. The molecule has 3 N–H and O–H groups in total. The molecule has 0 aliphatic rings. The van der Waals surface area contributed by atoms with Crippen LogP contribution in [-0.4, -0.2) is 29.0 Å². The third kappa shape index (κ3) is 5.43. The summed E-state index contributed by atoms with van der Waals surface area (Å²) in [6.07, 6.45) is 4.94. The van der Waals surface area contributed by atoms with Crippen LogP contribution >= 0.6 is 35.3 Å². The summed E-state index contributed by atoms with van der Waals surface area (Å²) < 4.78 is 0. The number of aliphatic imine (C=N–C) groups is 1. The molecule has 0 spiro atoms. The van der Waals surface area contributed by atoms with Crippen LogP contribution in [-0.2, 0) is 13.0 Å². The van der Waals surface area contributed by atoms with Gasteiger partial charge in [-0.25, -0.2) is 9.98 Å². The number of hydrogen-bond donors (Lipinski definition) is 3. The van der Waals surface area contributed by atoms with E-state index in [4.69, 9.17) is 0 Å². The number of nitrogens with zero attached hydrogens (tertiary/aromatic N) is 2. The lowest BCUT2D eigenvalue weighted by molar-refractivity contribution is 0.801. The zero-order valence-electron chi connectivity index (χ0n) is 14.5. The van der Waals surface area contributed by atoms with Gasteiger partial charge in [0.25, 0.3) is 0 Å². The predicted octanol–water partition coefficient (Wildman–Crippen LogP) is 3.85. The maximum absolute atomic E-state index is 4.61. The zero-order valence-corrected chi connectivity index (χ0v) is 17.7. The van der Waals surface area contributed by atoms with Crippen molar-refractivity contribution >= 4 is 52.2 Å². The first kappa shape index (κ1) is 19.7. The average Bonchev–Trinajstić information content (AvgIpc) is 3.19. The van der Waals surface area contributed by atoms with Crippen molar-refractivity contribution in [1.29, 1.82) is 0 Å². The fraction of sp³-hybridized carbons (Fsp3) is 0.333. The maximum Gasteiger partial charge on any atom is 0.191 e. The van der Waals surface area contributed by atoms with Gasteiger partial charge >= 0.3 is 0 Å². The number of benzene rings is 1. The molecule has 1 aromatic carbocycles. The summed E-state index contributed by atoms with van der Waals surface area (Å²) in [5.74, 6) is 0.838. The normalized spacial score (nSPS) is 11.4. The molecule has 0 aliphatic carbocycles. The van der Waals surface area contributed by atoms with Gasteiger partial charge in [-0.05, 0) is 31.9 Å². The molecule has 3 rings (SSSR count). The maximum atomic E-state index is 4.61. The Labute approximate surface area is 169 Å². The number of aromatic amines is 1. The van der Waals surface area contributed by atoms with Crippen LogP contribution in [0.4, 0.5) is 0 Å². The topological polar surface area (TPSA) is 65.1 Å². The van der Waals surface area contributed by atoms with E-state index in [1.54, 1.807) is 11.3 Å². The third-order valence-corrected chi connectivity index (χ3v) is 4.65. The molecule has 3 aromatic rings. The van der Waals surface area contributed by atoms with E-state index in [0.29, 0.717) is 6.54 Å². The van der Waals surface area contributed by atoms with Gasteiger partial charge in [0.2, 0.25) is 0 Å². The largest absolute Gasteiger partial charge is 0.361 e. The Morgan fingerprint density at radius 3 is 2.88 bits per heavy atom. The van der Waals surface area contributed by atoms with E-state index in [-0.39, 0.29) is 24.0 Å². The Bertz CT molecular complexity index is 824. The Morgan fingerprint density at radius 2 is 2.12 bits per heavy atom. The number of para-hydroxylation sites is 1. The summed E-state index contributed by atoms with van der Waals surface area (Å²) >= 11 is 1.69. The minimum absolute atomic E-state index is 0. The summed E-state index contributed by atoms with van der Waals surface area (Å²) in [4.78, 5) is 13.5. The SMILES string of the molecule is CCNC(=NCc1ncc(C)s1)NCCc1c[nH]c2ccccc12.I. The second kappa shape index (κ2) is 9.76. The molecule has 2 aromatic heterocycles. The minimum atomic E-state index is 0. The van der Waals surface area contributed by atoms with Crippen LogP contribution in [0.1, 0.15) is 22.4 Å². The summed E-state index contributed by atoms with van der Waals surface area (Å²) in [5.41, 5.74) is 2.51. The van der Waals surface area contributed by atoms with Crippen molar-refractivity contribution < 1.29 is 0 Å². The number of aromatic nitrogens is 2. The molecule has 25 heavy (non-hydrogen) atoms. The van der Waals surface area contributed by atoms with E-state index in [2.05, 4.69) is 69.9 Å². The van der Waals surface area contributed by atoms with E-state index in [1.807, 2.05) is 6.20 Å². The Morgan fingerprint density at radius 1 is 1.28 bits per heavy atom. The number of thiazole rings is 1. The van der Waals surface area contributed by atoms with Crippen molar-refractivity contribution in [1.82, 2.24) is 20.6 Å². The molecule has 0 saturated carbocycles. The lowest BCUT2D eigenvalue weighted by atomic mass is 10.1. The summed E-state index contributed by atoms with van der Waals surface area (Å²) in [6, 6.07) is 8.39. The monoisotopic (exact) mass is 469 g/mol. The minimum Gasteiger partial charge on any atom is -0.361 e. The highest BCUT2D eigenvalue weighted by atomic mass is 127. The molecule has 0 saturated heterocycles. The Hall–Kier alpha value is -1.61. The van der Waals surface area contributed by atoms with Crippen molar-refractivity contribution in [3.05, 3.63) is 52.1 Å². The third-order valence-electron chi connectivity index (χ3n) is 3.75. The molecule has 2 heterocycles. The van der Waals surface area contributed by atoms with Crippen molar-refractivity contribution in [2.75, 3.05) is 13.1 Å². The number of fused-ring (bicyclic) bond motifs is 1. The summed E-state index contributed by atoms with van der Waals surface area (Å²) in [6.45, 7) is 6.43. The van der Waals surface area contributed by atoms with Crippen LogP contribution in [0, 0.1) is 6.92 Å². The Kier molecular flexibility index (Phi) is 7.70. The zero-order chi connectivity index (χ0) is 16.8. The number of hydrogen-bond acceptors (Lipinski definition) is 3. The molecular weight excluding hydrogens is 445 g/mol. The highest BCUT2D eigenvalue weighted by molar-refractivity contribution is 14.0. The predicted molar refractivity (Wildman–Crippen MR) is 117 cm³/mol. The average molecular weight is 469 g/mol. The van der Waals surface area contributed by atoms with Crippen molar-refractivity contribution in [3.8, 4) is 0 Å². The first-order valence-electron chi connectivity index (χ1n) is 8.24. The molecule has 0 radical (unpaired) electrons. The number of H-pyrrole nitrogens is 1. The van der Waals surface area contributed by atoms with Gasteiger partial charge < -0.3 is 15.6 Å². The number of aryl methyl sites for hydroxylation is 1. The van der Waals surface area contributed by atoms with Crippen LogP contribution in [0.25, 0.3) is 10.9 Å². The van der Waals surface area contributed by atoms with Gasteiger partial charge in [0.1, 0.15) is 5.01 Å². The summed E-state index contributed by atoms with van der Waals surface area (Å²) in [5, 5.41) is 9.02. The number of rotatable bonds is 6. The Balaban J connectivity index is 0.00000225. The molecule has 5 nitrogen and oxygen atoms in total. The van der Waals surface area contributed by atoms with Crippen molar-refractivity contribution in [3.63, 3.8) is 0 Å². The molecule has 7 heteroatoms. The molecule has 0 amide bonds. The standard InChI is InChI=1S/C18H23N5S.HI/c1-3-19-18(23-12-17-22-10-13(2)24-17)20-9-8-14-11-21-16-7-5-4-6-15(14)16;/h4-7,10-11,21H,3,8-9,12H2,1-2H3,(H2,19,20,23);1H. The molecule has 0 bridgehead atoms. The van der Waals surface area contributed by atoms with E-state index in [1.165, 1.54) is 21.3 Å². The fourth-order valence-electron chi connectivity index (χ4n) is 2.62. The van der Waals surface area contributed by atoms with Crippen molar-refractivity contribution in [2.45, 2.75) is 26.8 Å². The molecule has 0 unspecified atom stereocenters. The first-order valence-corrected chi connectivity index (χ1v) is 9.06. The van der Waals surface area contributed by atoms with Crippen LogP contribution in [0.15, 0.2) is 41.7 Å². The number of nitrogens with one attached hydrogen (secondary N) is 3. The molecule has 134 valence electrons. The van der Waals surface area contributed by atoms with E-state index in [0.717, 1.165) is 30.5 Å². The van der Waals surface area contributed by atoms with Gasteiger partial charge in [0, 0.05) is 41.3 Å². The quantitative estimate of drug-likeness (QED) is 0.292. The van der Waals surface area contributed by atoms with Gasteiger partial charge in [-0.1, -0.05) is 18.2 Å². The van der Waals surface area contributed by atoms with Crippen LogP contribution < -0.4 is 10.6 Å². The van der Waals surface area contributed by atoms with Crippen LogP contribution in [0.3, 0.4) is 0 Å². The second-order valence-corrected chi connectivity index (χ2v) is 6.92. The lowest BCUT2D eigenvalue weighted by Gasteiger charge is -2.10. The molecular formula is C18H24IN5S. The first-order chi connectivity index (χ1) is 11.8. The number of halogens is 1. The van der Waals surface area contributed by atoms with E-state index >= 15 is 0 Å². The van der Waals surface area contributed by atoms with Crippen LogP contribution in [0.5, 0.6) is 0 Å². The highest BCUT2D eigenvalue weighted by Gasteiger charge is 2.04. The van der Waals surface area contributed by atoms with E-state index in [9.17, 15) is 0 Å².